The summed E-state index contributed by atoms with van der Waals surface area (Å²) in [4.78, 5) is 12.6. The Morgan fingerprint density at radius 3 is 2.27 bits per heavy atom. The molecule has 0 aromatic rings. The van der Waals surface area contributed by atoms with Gasteiger partial charge in [0.1, 0.15) is 6.29 Å². The Bertz CT molecular complexity index is 163. The highest BCUT2D eigenvalue weighted by atomic mass is 16.1. The molecule has 0 amide bonds. The van der Waals surface area contributed by atoms with Gasteiger partial charge in [0.15, 0.2) is 0 Å². The number of hydrogen-bond acceptors (Lipinski definition) is 2. The van der Waals surface area contributed by atoms with E-state index in [1.165, 1.54) is 0 Å². The summed E-state index contributed by atoms with van der Waals surface area (Å²) in [5.74, 6) is 0.905. The number of nitrogens with zero attached hydrogens (tertiary/aromatic N) is 1. The zero-order chi connectivity index (χ0) is 8.65. The average molecular weight is 155 g/mol. The van der Waals surface area contributed by atoms with Gasteiger partial charge in [-0.25, -0.2) is 0 Å². The summed E-state index contributed by atoms with van der Waals surface area (Å²) < 4.78 is 0. The number of hydrogen-bond donors (Lipinski definition) is 0. The van der Waals surface area contributed by atoms with E-state index in [2.05, 4.69) is 32.8 Å². The van der Waals surface area contributed by atoms with Crippen LogP contribution in [0.25, 0.3) is 0 Å². The van der Waals surface area contributed by atoms with Crippen LogP contribution in [0.15, 0.2) is 0 Å². The third kappa shape index (κ3) is 1.45. The molecule has 2 nitrogen and oxygen atoms in total. The lowest BCUT2D eigenvalue weighted by Crippen LogP contribution is -2.40. The van der Waals surface area contributed by atoms with Gasteiger partial charge in [0, 0.05) is 11.5 Å². The lowest BCUT2D eigenvalue weighted by atomic mass is 9.96. The minimum absolute atomic E-state index is 0.186. The zero-order valence-electron chi connectivity index (χ0n) is 7.79. The minimum atomic E-state index is 0.186. The molecule has 1 aliphatic carbocycles. The van der Waals surface area contributed by atoms with E-state index in [1.54, 1.807) is 0 Å². The molecule has 2 heteroatoms. The normalized spacial score (nSPS) is 30.6. The smallest absolute Gasteiger partial charge is 0.123 e. The van der Waals surface area contributed by atoms with E-state index in [9.17, 15) is 4.79 Å². The fourth-order valence-corrected chi connectivity index (χ4v) is 1.51. The van der Waals surface area contributed by atoms with E-state index in [4.69, 9.17) is 0 Å². The summed E-state index contributed by atoms with van der Waals surface area (Å²) in [6, 6.07) is 0. The second kappa shape index (κ2) is 2.59. The Morgan fingerprint density at radius 1 is 1.45 bits per heavy atom. The maximum atomic E-state index is 10.4. The molecule has 1 saturated carbocycles. The standard InChI is InChI=1S/C9H17NO/c1-9(2,10(3)4)8-5-7(8)6-11/h6-8H,5H2,1-4H3/t7-,8+/m1/s1. The van der Waals surface area contributed by atoms with Crippen molar-refractivity contribution in [1.29, 1.82) is 0 Å². The Labute approximate surface area is 68.6 Å². The van der Waals surface area contributed by atoms with Gasteiger partial charge in [-0.05, 0) is 40.3 Å². The van der Waals surface area contributed by atoms with Crippen molar-refractivity contribution in [3.8, 4) is 0 Å². The van der Waals surface area contributed by atoms with Crippen molar-refractivity contribution in [2.24, 2.45) is 11.8 Å². The molecule has 0 spiro atoms. The van der Waals surface area contributed by atoms with Crippen molar-refractivity contribution in [1.82, 2.24) is 4.90 Å². The molecule has 0 aromatic heterocycles. The van der Waals surface area contributed by atoms with Crippen LogP contribution in [0.4, 0.5) is 0 Å². The minimum Gasteiger partial charge on any atom is -0.304 e. The SMILES string of the molecule is CN(C)C(C)(C)[C@H]1C[C@@H]1C=O. The van der Waals surface area contributed by atoms with Crippen molar-refractivity contribution in [3.63, 3.8) is 0 Å². The third-order valence-corrected chi connectivity index (χ3v) is 3.07. The van der Waals surface area contributed by atoms with Crippen LogP contribution in [-0.2, 0) is 4.79 Å². The summed E-state index contributed by atoms with van der Waals surface area (Å²) in [5.41, 5.74) is 0.186. The zero-order valence-corrected chi connectivity index (χ0v) is 7.79. The molecular formula is C9H17NO. The molecule has 11 heavy (non-hydrogen) atoms. The Morgan fingerprint density at radius 2 is 2.00 bits per heavy atom. The Hall–Kier alpha value is -0.370. The number of carbonyl (C=O) groups excluding carboxylic acids is 1. The van der Waals surface area contributed by atoms with Crippen LogP contribution in [0.5, 0.6) is 0 Å². The summed E-state index contributed by atoms with van der Waals surface area (Å²) in [6.45, 7) is 4.39. The molecule has 0 unspecified atom stereocenters. The van der Waals surface area contributed by atoms with Gasteiger partial charge >= 0.3 is 0 Å². The van der Waals surface area contributed by atoms with E-state index >= 15 is 0 Å². The van der Waals surface area contributed by atoms with Crippen LogP contribution in [-0.4, -0.2) is 30.8 Å². The fourth-order valence-electron chi connectivity index (χ4n) is 1.51. The van der Waals surface area contributed by atoms with E-state index in [1.807, 2.05) is 0 Å². The molecule has 0 aromatic carbocycles. The molecule has 1 rings (SSSR count). The molecule has 0 saturated heterocycles. The van der Waals surface area contributed by atoms with Crippen molar-refractivity contribution >= 4 is 6.29 Å². The van der Waals surface area contributed by atoms with Crippen molar-refractivity contribution in [2.45, 2.75) is 25.8 Å². The fraction of sp³-hybridized carbons (Fsp3) is 0.889. The van der Waals surface area contributed by atoms with Crippen LogP contribution in [0.3, 0.4) is 0 Å². The summed E-state index contributed by atoms with van der Waals surface area (Å²) in [6.07, 6.45) is 2.17. The van der Waals surface area contributed by atoms with Gasteiger partial charge in [-0.1, -0.05) is 0 Å². The van der Waals surface area contributed by atoms with Crippen LogP contribution in [0, 0.1) is 11.8 Å². The van der Waals surface area contributed by atoms with Crippen LogP contribution >= 0.6 is 0 Å². The van der Waals surface area contributed by atoms with Crippen LogP contribution in [0.1, 0.15) is 20.3 Å². The first-order valence-corrected chi connectivity index (χ1v) is 4.13. The maximum absolute atomic E-state index is 10.4. The molecule has 0 heterocycles. The quantitative estimate of drug-likeness (QED) is 0.570. The molecule has 64 valence electrons. The lowest BCUT2D eigenvalue weighted by Gasteiger charge is -2.32. The number of rotatable bonds is 3. The van der Waals surface area contributed by atoms with Gasteiger partial charge in [0.25, 0.3) is 0 Å². The topological polar surface area (TPSA) is 20.3 Å². The Kier molecular flexibility index (Phi) is 2.06. The van der Waals surface area contributed by atoms with E-state index in [-0.39, 0.29) is 5.54 Å². The highest BCUT2D eigenvalue weighted by Crippen LogP contribution is 2.46. The van der Waals surface area contributed by atoms with Crippen LogP contribution in [0.2, 0.25) is 0 Å². The van der Waals surface area contributed by atoms with Crippen molar-refractivity contribution in [3.05, 3.63) is 0 Å². The third-order valence-electron chi connectivity index (χ3n) is 3.07. The molecule has 2 atom stereocenters. The molecule has 1 fully saturated rings. The van der Waals surface area contributed by atoms with Gasteiger partial charge < -0.3 is 9.69 Å². The van der Waals surface area contributed by atoms with Gasteiger partial charge in [0.2, 0.25) is 0 Å². The highest BCUT2D eigenvalue weighted by molar-refractivity contribution is 5.58. The van der Waals surface area contributed by atoms with Gasteiger partial charge in [0.05, 0.1) is 0 Å². The van der Waals surface area contributed by atoms with Gasteiger partial charge in [-0.3, -0.25) is 0 Å². The van der Waals surface area contributed by atoms with Crippen molar-refractivity contribution < 1.29 is 4.79 Å². The summed E-state index contributed by atoms with van der Waals surface area (Å²) >= 11 is 0. The lowest BCUT2D eigenvalue weighted by molar-refractivity contribution is -0.109. The first-order chi connectivity index (χ1) is 5.00. The largest absolute Gasteiger partial charge is 0.304 e. The van der Waals surface area contributed by atoms with Crippen molar-refractivity contribution in [2.75, 3.05) is 14.1 Å². The average Bonchev–Trinajstić information content (AvgIpc) is 2.65. The molecule has 0 aliphatic heterocycles. The molecule has 1 aliphatic rings. The number of aldehydes is 1. The van der Waals surface area contributed by atoms with E-state index < -0.39 is 0 Å². The highest BCUT2D eigenvalue weighted by Gasteiger charge is 2.48. The summed E-state index contributed by atoms with van der Waals surface area (Å²) in [5, 5.41) is 0. The van der Waals surface area contributed by atoms with Gasteiger partial charge in [-0.15, -0.1) is 0 Å². The number of carbonyl (C=O) groups is 1. The maximum Gasteiger partial charge on any atom is 0.123 e. The predicted octanol–water partition coefficient (Wildman–Crippen LogP) is 1.16. The van der Waals surface area contributed by atoms with Crippen LogP contribution < -0.4 is 0 Å². The first-order valence-electron chi connectivity index (χ1n) is 4.13. The van der Waals surface area contributed by atoms with E-state index in [0.29, 0.717) is 11.8 Å². The predicted molar refractivity (Wildman–Crippen MR) is 45.4 cm³/mol. The first kappa shape index (κ1) is 8.72. The second-order valence-electron chi connectivity index (χ2n) is 4.19. The summed E-state index contributed by atoms with van der Waals surface area (Å²) in [7, 11) is 4.14. The molecule has 0 N–H and O–H groups in total. The monoisotopic (exact) mass is 155 g/mol. The Balaban J connectivity index is 2.54. The molecule has 0 radical (unpaired) electrons. The van der Waals surface area contributed by atoms with E-state index in [0.717, 1.165) is 12.7 Å². The molecule has 0 bridgehead atoms. The van der Waals surface area contributed by atoms with Gasteiger partial charge in [-0.2, -0.15) is 0 Å². The second-order valence-corrected chi connectivity index (χ2v) is 4.19. The molecular weight excluding hydrogens is 138 g/mol.